The van der Waals surface area contributed by atoms with Crippen LogP contribution in [0, 0.1) is 0 Å². The van der Waals surface area contributed by atoms with Crippen molar-refractivity contribution >= 4 is 5.91 Å². The Bertz CT molecular complexity index is 489. The molecule has 0 bridgehead atoms. The molecule has 1 aromatic rings. The fraction of sp³-hybridized carbons (Fsp3) is 0.750. The van der Waals surface area contributed by atoms with Gasteiger partial charge in [-0.3, -0.25) is 14.6 Å². The van der Waals surface area contributed by atoms with Crippen LogP contribution >= 0.6 is 0 Å². The van der Waals surface area contributed by atoms with Crippen molar-refractivity contribution in [1.29, 1.82) is 0 Å². The van der Waals surface area contributed by atoms with Gasteiger partial charge >= 0.3 is 0 Å². The fourth-order valence-corrected chi connectivity index (χ4v) is 3.72. The van der Waals surface area contributed by atoms with Crippen LogP contribution in [0.3, 0.4) is 0 Å². The number of aromatic amines is 1. The fourth-order valence-electron chi connectivity index (χ4n) is 3.72. The van der Waals surface area contributed by atoms with Crippen molar-refractivity contribution in [2.24, 2.45) is 0 Å². The smallest absolute Gasteiger partial charge is 0.240 e. The maximum absolute atomic E-state index is 12.9. The summed E-state index contributed by atoms with van der Waals surface area (Å²) in [6.45, 7) is 6.68. The second kappa shape index (κ2) is 6.79. The first-order valence-electron chi connectivity index (χ1n) is 8.43. The molecule has 2 atom stereocenters. The highest BCUT2D eigenvalue weighted by atomic mass is 16.2. The molecule has 3 heterocycles. The third-order valence-corrected chi connectivity index (χ3v) is 5.10. The molecule has 2 fully saturated rings. The number of likely N-dealkylation sites (N-methyl/N-ethyl adjacent to an activating group) is 2. The molecule has 6 heteroatoms. The molecule has 1 N–H and O–H groups in total. The largest absolute Gasteiger partial charge is 0.347 e. The van der Waals surface area contributed by atoms with Crippen LogP contribution in [0.1, 0.15) is 38.1 Å². The van der Waals surface area contributed by atoms with E-state index >= 15 is 0 Å². The second-order valence-corrected chi connectivity index (χ2v) is 6.40. The first kappa shape index (κ1) is 15.5. The average Bonchev–Trinajstić information content (AvgIpc) is 3.08. The molecule has 3 rings (SSSR count). The predicted octanol–water partition coefficient (Wildman–Crippen LogP) is 1.10. The van der Waals surface area contributed by atoms with Gasteiger partial charge in [-0.2, -0.15) is 0 Å². The minimum atomic E-state index is 0.0687. The highest BCUT2D eigenvalue weighted by molar-refractivity contribution is 5.82. The van der Waals surface area contributed by atoms with E-state index in [4.69, 9.17) is 0 Å². The summed E-state index contributed by atoms with van der Waals surface area (Å²) < 4.78 is 0. The van der Waals surface area contributed by atoms with E-state index in [1.165, 1.54) is 6.42 Å². The number of amides is 1. The van der Waals surface area contributed by atoms with Crippen LogP contribution < -0.4 is 0 Å². The van der Waals surface area contributed by atoms with Crippen LogP contribution in [0.15, 0.2) is 12.4 Å². The summed E-state index contributed by atoms with van der Waals surface area (Å²) in [5.74, 6) is 1.27. The zero-order valence-electron chi connectivity index (χ0n) is 13.7. The van der Waals surface area contributed by atoms with E-state index in [9.17, 15) is 4.79 Å². The number of piperazine rings is 1. The first-order chi connectivity index (χ1) is 10.7. The monoisotopic (exact) mass is 305 g/mol. The number of hydrogen-bond donors (Lipinski definition) is 1. The van der Waals surface area contributed by atoms with E-state index in [-0.39, 0.29) is 12.1 Å². The third kappa shape index (κ3) is 3.03. The van der Waals surface area contributed by atoms with Crippen molar-refractivity contribution in [1.82, 2.24) is 24.7 Å². The number of likely N-dealkylation sites (tertiary alicyclic amines) is 1. The van der Waals surface area contributed by atoms with Crippen molar-refractivity contribution in [2.45, 2.75) is 38.3 Å². The zero-order chi connectivity index (χ0) is 15.5. The lowest BCUT2D eigenvalue weighted by molar-refractivity contribution is -0.140. The van der Waals surface area contributed by atoms with Gasteiger partial charge < -0.3 is 9.88 Å². The molecule has 122 valence electrons. The van der Waals surface area contributed by atoms with E-state index in [0.717, 1.165) is 51.4 Å². The number of imidazole rings is 1. The summed E-state index contributed by atoms with van der Waals surface area (Å²) in [6, 6.07) is 0.255. The Morgan fingerprint density at radius 1 is 1.36 bits per heavy atom. The van der Waals surface area contributed by atoms with Crippen molar-refractivity contribution in [3.63, 3.8) is 0 Å². The van der Waals surface area contributed by atoms with E-state index < -0.39 is 0 Å². The maximum atomic E-state index is 12.9. The normalized spacial score (nSPS) is 28.0. The number of piperidine rings is 1. The molecule has 2 aliphatic rings. The molecule has 6 nitrogen and oxygen atoms in total. The number of rotatable bonds is 3. The molecule has 0 radical (unpaired) electrons. The number of H-pyrrole nitrogens is 1. The second-order valence-electron chi connectivity index (χ2n) is 6.40. The number of nitrogens with one attached hydrogen (secondary N) is 1. The highest BCUT2D eigenvalue weighted by Crippen LogP contribution is 2.25. The van der Waals surface area contributed by atoms with Crippen LogP contribution in [-0.2, 0) is 4.79 Å². The van der Waals surface area contributed by atoms with E-state index in [1.54, 1.807) is 6.20 Å². The van der Waals surface area contributed by atoms with Crippen LogP contribution in [0.25, 0.3) is 0 Å². The SMILES string of the molecule is CCN1CCN(C(=O)C2CCCCN2C)CC1c1ncc[nH]1. The molecular weight excluding hydrogens is 278 g/mol. The Kier molecular flexibility index (Phi) is 4.78. The van der Waals surface area contributed by atoms with Gasteiger partial charge in [0.1, 0.15) is 5.82 Å². The Morgan fingerprint density at radius 2 is 2.23 bits per heavy atom. The van der Waals surface area contributed by atoms with Crippen LogP contribution in [0.4, 0.5) is 0 Å². The molecule has 2 unspecified atom stereocenters. The van der Waals surface area contributed by atoms with Gasteiger partial charge in [0.15, 0.2) is 0 Å². The summed E-state index contributed by atoms with van der Waals surface area (Å²) in [5.41, 5.74) is 0. The van der Waals surface area contributed by atoms with Gasteiger partial charge in [0.2, 0.25) is 5.91 Å². The molecule has 1 amide bonds. The van der Waals surface area contributed by atoms with Crippen molar-refractivity contribution in [3.8, 4) is 0 Å². The third-order valence-electron chi connectivity index (χ3n) is 5.10. The minimum absolute atomic E-state index is 0.0687. The summed E-state index contributed by atoms with van der Waals surface area (Å²) in [7, 11) is 2.08. The van der Waals surface area contributed by atoms with Crippen LogP contribution in [0.2, 0.25) is 0 Å². The molecular formula is C16H27N5O. The average molecular weight is 305 g/mol. The van der Waals surface area contributed by atoms with E-state index in [0.29, 0.717) is 5.91 Å². The van der Waals surface area contributed by atoms with Gasteiger partial charge in [0.05, 0.1) is 12.1 Å². The molecule has 0 aliphatic carbocycles. The minimum Gasteiger partial charge on any atom is -0.347 e. The number of carbonyl (C=O) groups excluding carboxylic acids is 1. The Hall–Kier alpha value is -1.40. The van der Waals surface area contributed by atoms with E-state index in [1.807, 2.05) is 11.1 Å². The van der Waals surface area contributed by atoms with Gasteiger partial charge in [-0.1, -0.05) is 13.3 Å². The van der Waals surface area contributed by atoms with Crippen LogP contribution in [-0.4, -0.2) is 76.4 Å². The number of carbonyl (C=O) groups is 1. The van der Waals surface area contributed by atoms with Crippen LogP contribution in [0.5, 0.6) is 0 Å². The van der Waals surface area contributed by atoms with E-state index in [2.05, 4.69) is 33.7 Å². The topological polar surface area (TPSA) is 55.5 Å². The quantitative estimate of drug-likeness (QED) is 0.908. The summed E-state index contributed by atoms with van der Waals surface area (Å²) in [4.78, 5) is 27.2. The molecule has 2 aliphatic heterocycles. The van der Waals surface area contributed by atoms with Gasteiger partial charge in [-0.15, -0.1) is 0 Å². The zero-order valence-corrected chi connectivity index (χ0v) is 13.7. The molecule has 1 aromatic heterocycles. The molecule has 0 spiro atoms. The lowest BCUT2D eigenvalue weighted by Crippen LogP contribution is -2.56. The van der Waals surface area contributed by atoms with Gasteiger partial charge in [-0.25, -0.2) is 4.98 Å². The number of aromatic nitrogens is 2. The number of nitrogens with zero attached hydrogens (tertiary/aromatic N) is 4. The molecule has 0 aromatic carbocycles. The highest BCUT2D eigenvalue weighted by Gasteiger charge is 2.35. The summed E-state index contributed by atoms with van der Waals surface area (Å²) in [6.07, 6.45) is 7.02. The Morgan fingerprint density at radius 3 is 2.91 bits per heavy atom. The summed E-state index contributed by atoms with van der Waals surface area (Å²) >= 11 is 0. The lowest BCUT2D eigenvalue weighted by Gasteiger charge is -2.43. The maximum Gasteiger partial charge on any atom is 0.240 e. The Balaban J connectivity index is 1.71. The predicted molar refractivity (Wildman–Crippen MR) is 85.4 cm³/mol. The lowest BCUT2D eigenvalue weighted by atomic mass is 10.0. The summed E-state index contributed by atoms with van der Waals surface area (Å²) in [5, 5.41) is 0. The van der Waals surface area contributed by atoms with Crippen molar-refractivity contribution in [2.75, 3.05) is 39.8 Å². The van der Waals surface area contributed by atoms with Gasteiger partial charge in [-0.05, 0) is 33.0 Å². The Labute approximate surface area is 132 Å². The molecule has 2 saturated heterocycles. The molecule has 22 heavy (non-hydrogen) atoms. The standard InChI is InChI=1S/C16H27N5O/c1-3-20-10-11-21(12-14(20)15-17-7-8-18-15)16(22)13-6-4-5-9-19(13)2/h7-8,13-14H,3-6,9-12H2,1-2H3,(H,17,18). The number of hydrogen-bond acceptors (Lipinski definition) is 4. The van der Waals surface area contributed by atoms with Gasteiger partial charge in [0.25, 0.3) is 0 Å². The van der Waals surface area contributed by atoms with Crippen molar-refractivity contribution in [3.05, 3.63) is 18.2 Å². The molecule has 0 saturated carbocycles. The first-order valence-corrected chi connectivity index (χ1v) is 8.43. The van der Waals surface area contributed by atoms with Crippen molar-refractivity contribution < 1.29 is 4.79 Å². The van der Waals surface area contributed by atoms with Gasteiger partial charge in [0, 0.05) is 32.0 Å².